The van der Waals surface area contributed by atoms with Gasteiger partial charge in [-0.1, -0.05) is 25.8 Å². The van der Waals surface area contributed by atoms with E-state index in [9.17, 15) is 4.39 Å². The van der Waals surface area contributed by atoms with Crippen LogP contribution < -0.4 is 5.32 Å². The van der Waals surface area contributed by atoms with Crippen molar-refractivity contribution in [2.75, 3.05) is 0 Å². The molecule has 2 unspecified atom stereocenters. The molecule has 0 amide bonds. The van der Waals surface area contributed by atoms with Crippen LogP contribution in [-0.2, 0) is 6.54 Å². The molecule has 2 atom stereocenters. The van der Waals surface area contributed by atoms with Crippen LogP contribution in [0.3, 0.4) is 0 Å². The molecular formula is C16H24FN. The quantitative estimate of drug-likeness (QED) is 0.792. The van der Waals surface area contributed by atoms with E-state index in [0.29, 0.717) is 6.04 Å². The predicted octanol–water partition coefficient (Wildman–Crippen LogP) is 4.19. The molecule has 2 rings (SSSR count). The fourth-order valence-electron chi connectivity index (χ4n) is 2.78. The Hall–Kier alpha value is -0.890. The Morgan fingerprint density at radius 1 is 1.22 bits per heavy atom. The molecule has 0 heterocycles. The van der Waals surface area contributed by atoms with E-state index in [2.05, 4.69) is 12.2 Å². The lowest BCUT2D eigenvalue weighted by Crippen LogP contribution is -2.28. The zero-order valence-corrected chi connectivity index (χ0v) is 11.5. The van der Waals surface area contributed by atoms with Crippen LogP contribution in [0.4, 0.5) is 4.39 Å². The Morgan fingerprint density at radius 3 is 2.89 bits per heavy atom. The first-order valence-electron chi connectivity index (χ1n) is 7.13. The first-order valence-corrected chi connectivity index (χ1v) is 7.13. The highest BCUT2D eigenvalue weighted by molar-refractivity contribution is 5.26. The van der Waals surface area contributed by atoms with E-state index >= 15 is 0 Å². The molecule has 0 bridgehead atoms. The van der Waals surface area contributed by atoms with Crippen LogP contribution >= 0.6 is 0 Å². The van der Waals surface area contributed by atoms with E-state index in [4.69, 9.17) is 0 Å². The van der Waals surface area contributed by atoms with Gasteiger partial charge in [0.25, 0.3) is 0 Å². The zero-order valence-electron chi connectivity index (χ0n) is 11.5. The van der Waals surface area contributed by atoms with Gasteiger partial charge in [0, 0.05) is 12.6 Å². The summed E-state index contributed by atoms with van der Waals surface area (Å²) >= 11 is 0. The van der Waals surface area contributed by atoms with Gasteiger partial charge in [0.2, 0.25) is 0 Å². The van der Waals surface area contributed by atoms with E-state index < -0.39 is 0 Å². The van der Waals surface area contributed by atoms with E-state index in [1.807, 2.05) is 13.0 Å². The average molecular weight is 249 g/mol. The Bertz CT molecular complexity index is 389. The van der Waals surface area contributed by atoms with E-state index in [-0.39, 0.29) is 5.82 Å². The summed E-state index contributed by atoms with van der Waals surface area (Å²) in [7, 11) is 0. The van der Waals surface area contributed by atoms with Crippen molar-refractivity contribution in [2.24, 2.45) is 5.92 Å². The highest BCUT2D eigenvalue weighted by Crippen LogP contribution is 2.23. The summed E-state index contributed by atoms with van der Waals surface area (Å²) in [5.41, 5.74) is 2.26. The van der Waals surface area contributed by atoms with Crippen LogP contribution in [-0.4, -0.2) is 6.04 Å². The van der Waals surface area contributed by atoms with E-state index in [1.54, 1.807) is 6.07 Å². The lowest BCUT2D eigenvalue weighted by atomic mass is 10.0. The minimum Gasteiger partial charge on any atom is -0.310 e. The molecule has 0 saturated heterocycles. The lowest BCUT2D eigenvalue weighted by Gasteiger charge is -2.17. The van der Waals surface area contributed by atoms with Gasteiger partial charge in [0.15, 0.2) is 0 Å². The van der Waals surface area contributed by atoms with Crippen molar-refractivity contribution in [3.8, 4) is 0 Å². The van der Waals surface area contributed by atoms with Gasteiger partial charge >= 0.3 is 0 Å². The third-order valence-corrected chi connectivity index (χ3v) is 4.15. The molecule has 1 aromatic rings. The number of aryl methyl sites for hydroxylation is 1. The van der Waals surface area contributed by atoms with Crippen molar-refractivity contribution in [2.45, 2.75) is 58.5 Å². The second kappa shape index (κ2) is 6.33. The average Bonchev–Trinajstić information content (AvgIpc) is 2.55. The number of rotatable bonds is 3. The second-order valence-corrected chi connectivity index (χ2v) is 5.76. The molecule has 1 aliphatic carbocycles. The summed E-state index contributed by atoms with van der Waals surface area (Å²) < 4.78 is 13.2. The maximum atomic E-state index is 13.2. The summed E-state index contributed by atoms with van der Waals surface area (Å²) in [5, 5.41) is 3.60. The predicted molar refractivity (Wildman–Crippen MR) is 74.0 cm³/mol. The SMILES string of the molecule is Cc1ccc(F)cc1CNC1CCCC(C)CC1. The van der Waals surface area contributed by atoms with Gasteiger partial charge in [0.05, 0.1) is 0 Å². The summed E-state index contributed by atoms with van der Waals surface area (Å²) in [6.07, 6.45) is 6.52. The van der Waals surface area contributed by atoms with Gasteiger partial charge in [0.1, 0.15) is 5.82 Å². The third-order valence-electron chi connectivity index (χ3n) is 4.15. The molecular weight excluding hydrogens is 225 g/mol. The van der Waals surface area contributed by atoms with Gasteiger partial charge in [-0.15, -0.1) is 0 Å². The molecule has 1 N–H and O–H groups in total. The number of halogens is 1. The number of nitrogens with one attached hydrogen (secondary N) is 1. The Balaban J connectivity index is 1.88. The second-order valence-electron chi connectivity index (χ2n) is 5.76. The van der Waals surface area contributed by atoms with Crippen molar-refractivity contribution in [1.82, 2.24) is 5.32 Å². The molecule has 100 valence electrons. The third kappa shape index (κ3) is 3.81. The van der Waals surface area contributed by atoms with Crippen LogP contribution in [0.25, 0.3) is 0 Å². The molecule has 1 aromatic carbocycles. The van der Waals surface area contributed by atoms with Gasteiger partial charge in [-0.25, -0.2) is 4.39 Å². The molecule has 1 nitrogen and oxygen atoms in total. The number of benzene rings is 1. The Morgan fingerprint density at radius 2 is 2.06 bits per heavy atom. The summed E-state index contributed by atoms with van der Waals surface area (Å²) in [6, 6.07) is 5.66. The normalized spacial score (nSPS) is 24.8. The number of hydrogen-bond donors (Lipinski definition) is 1. The molecule has 1 fully saturated rings. The van der Waals surface area contributed by atoms with Crippen LogP contribution in [0.1, 0.15) is 50.2 Å². The van der Waals surface area contributed by atoms with Crippen LogP contribution in [0.2, 0.25) is 0 Å². The minimum atomic E-state index is -0.133. The molecule has 0 spiro atoms. The van der Waals surface area contributed by atoms with Crippen molar-refractivity contribution in [3.05, 3.63) is 35.1 Å². The molecule has 1 aliphatic rings. The maximum absolute atomic E-state index is 13.2. The summed E-state index contributed by atoms with van der Waals surface area (Å²) in [6.45, 7) is 5.19. The fourth-order valence-corrected chi connectivity index (χ4v) is 2.78. The minimum absolute atomic E-state index is 0.133. The van der Waals surface area contributed by atoms with Crippen molar-refractivity contribution in [3.63, 3.8) is 0 Å². The van der Waals surface area contributed by atoms with Crippen LogP contribution in [0, 0.1) is 18.7 Å². The fraction of sp³-hybridized carbons (Fsp3) is 0.625. The van der Waals surface area contributed by atoms with Crippen LogP contribution in [0.5, 0.6) is 0 Å². The molecule has 0 aromatic heterocycles. The number of hydrogen-bond acceptors (Lipinski definition) is 1. The van der Waals surface area contributed by atoms with Crippen LogP contribution in [0.15, 0.2) is 18.2 Å². The largest absolute Gasteiger partial charge is 0.310 e. The molecule has 2 heteroatoms. The van der Waals surface area contributed by atoms with Gasteiger partial charge in [-0.3, -0.25) is 0 Å². The first kappa shape index (κ1) is 13.5. The van der Waals surface area contributed by atoms with Gasteiger partial charge in [-0.2, -0.15) is 0 Å². The van der Waals surface area contributed by atoms with Gasteiger partial charge in [-0.05, 0) is 55.4 Å². The Labute approximate surface area is 110 Å². The highest BCUT2D eigenvalue weighted by atomic mass is 19.1. The topological polar surface area (TPSA) is 12.0 Å². The monoisotopic (exact) mass is 249 g/mol. The van der Waals surface area contributed by atoms with Gasteiger partial charge < -0.3 is 5.32 Å². The zero-order chi connectivity index (χ0) is 13.0. The summed E-state index contributed by atoms with van der Waals surface area (Å²) in [5.74, 6) is 0.736. The van der Waals surface area contributed by atoms with Crippen molar-refractivity contribution < 1.29 is 4.39 Å². The van der Waals surface area contributed by atoms with Crippen molar-refractivity contribution >= 4 is 0 Å². The first-order chi connectivity index (χ1) is 8.65. The van der Waals surface area contributed by atoms with E-state index in [1.165, 1.54) is 43.7 Å². The smallest absolute Gasteiger partial charge is 0.123 e. The van der Waals surface area contributed by atoms with E-state index in [0.717, 1.165) is 18.0 Å². The molecule has 0 aliphatic heterocycles. The Kier molecular flexibility index (Phi) is 4.76. The standard InChI is InChI=1S/C16H24FN/c1-12-4-3-5-16(9-6-12)18-11-14-10-15(17)8-7-13(14)2/h7-8,10,12,16,18H,3-6,9,11H2,1-2H3. The highest BCUT2D eigenvalue weighted by Gasteiger charge is 2.15. The molecule has 1 saturated carbocycles. The molecule has 0 radical (unpaired) electrons. The lowest BCUT2D eigenvalue weighted by molar-refractivity contribution is 0.446. The summed E-state index contributed by atoms with van der Waals surface area (Å²) in [4.78, 5) is 0. The molecule has 18 heavy (non-hydrogen) atoms. The maximum Gasteiger partial charge on any atom is 0.123 e. The van der Waals surface area contributed by atoms with Crippen molar-refractivity contribution in [1.29, 1.82) is 0 Å².